The Morgan fingerprint density at radius 3 is 2.52 bits per heavy atom. The Kier molecular flexibility index (Phi) is 4.12. The van der Waals surface area contributed by atoms with Gasteiger partial charge in [0.25, 0.3) is 11.5 Å². The lowest BCUT2D eigenvalue weighted by molar-refractivity contribution is 0.0766. The van der Waals surface area contributed by atoms with Crippen molar-refractivity contribution in [3.8, 4) is 11.4 Å². The molecule has 0 saturated carbocycles. The quantitative estimate of drug-likeness (QED) is 0.765. The van der Waals surface area contributed by atoms with Crippen molar-refractivity contribution < 1.29 is 9.53 Å². The van der Waals surface area contributed by atoms with E-state index in [4.69, 9.17) is 4.74 Å². The van der Waals surface area contributed by atoms with Crippen LogP contribution in [0.15, 0.2) is 64.3 Å². The van der Waals surface area contributed by atoms with Crippen LogP contribution in [0.4, 0.5) is 0 Å². The first-order chi connectivity index (χ1) is 13.1. The Balaban J connectivity index is 1.67. The normalized spacial score (nSPS) is 12.9. The van der Waals surface area contributed by atoms with Gasteiger partial charge in [0, 0.05) is 36.5 Å². The number of aromatic amines is 1. The number of ether oxygens (including phenoxy) is 1. The van der Waals surface area contributed by atoms with Crippen LogP contribution < -0.4 is 16.0 Å². The van der Waals surface area contributed by atoms with Crippen LogP contribution in [0, 0.1) is 0 Å². The first kappa shape index (κ1) is 16.8. The van der Waals surface area contributed by atoms with Crippen molar-refractivity contribution in [3.05, 3.63) is 92.3 Å². The number of carbonyl (C=O) groups is 1. The summed E-state index contributed by atoms with van der Waals surface area (Å²) in [6.45, 7) is 0.847. The third-order valence-electron chi connectivity index (χ3n) is 4.63. The number of benzene rings is 2. The number of H-pyrrole nitrogens is 1. The van der Waals surface area contributed by atoms with Crippen molar-refractivity contribution in [1.29, 1.82) is 0 Å². The zero-order valence-electron chi connectivity index (χ0n) is 14.6. The maximum absolute atomic E-state index is 12.8. The summed E-state index contributed by atoms with van der Waals surface area (Å²) in [5.74, 6) is 0.676. The molecule has 7 heteroatoms. The first-order valence-corrected chi connectivity index (χ1v) is 8.43. The molecule has 1 aliphatic heterocycles. The van der Waals surface area contributed by atoms with Crippen LogP contribution >= 0.6 is 0 Å². The number of fused-ring (bicyclic) bond motifs is 1. The maximum Gasteiger partial charge on any atom is 0.332 e. The highest BCUT2D eigenvalue weighted by molar-refractivity contribution is 5.99. The van der Waals surface area contributed by atoms with E-state index in [2.05, 4.69) is 4.98 Å². The molecule has 27 heavy (non-hydrogen) atoms. The van der Waals surface area contributed by atoms with E-state index in [1.807, 2.05) is 24.3 Å². The third-order valence-corrected chi connectivity index (χ3v) is 4.63. The Labute approximate surface area is 154 Å². The molecular formula is C20H17N3O4. The van der Waals surface area contributed by atoms with Crippen LogP contribution in [0.1, 0.15) is 21.5 Å². The Hall–Kier alpha value is -3.61. The van der Waals surface area contributed by atoms with E-state index in [0.717, 1.165) is 16.9 Å². The van der Waals surface area contributed by atoms with Crippen molar-refractivity contribution in [2.75, 3.05) is 7.11 Å². The summed E-state index contributed by atoms with van der Waals surface area (Å²) in [5, 5.41) is 0. The number of carbonyl (C=O) groups excluding carboxylic acids is 1. The summed E-state index contributed by atoms with van der Waals surface area (Å²) in [6.07, 6.45) is 1.42. The molecule has 0 spiro atoms. The van der Waals surface area contributed by atoms with Gasteiger partial charge in [0.15, 0.2) is 0 Å². The van der Waals surface area contributed by atoms with Crippen molar-refractivity contribution in [2.24, 2.45) is 0 Å². The molecule has 0 fully saturated rings. The number of nitrogens with zero attached hydrogens (tertiary/aromatic N) is 2. The highest BCUT2D eigenvalue weighted by Crippen LogP contribution is 2.29. The van der Waals surface area contributed by atoms with Crippen LogP contribution in [0.25, 0.3) is 5.69 Å². The smallest absolute Gasteiger partial charge is 0.332 e. The van der Waals surface area contributed by atoms with Gasteiger partial charge in [0.05, 0.1) is 12.8 Å². The summed E-state index contributed by atoms with van der Waals surface area (Å²) < 4.78 is 6.51. The summed E-state index contributed by atoms with van der Waals surface area (Å²) >= 11 is 0. The maximum atomic E-state index is 12.8. The van der Waals surface area contributed by atoms with Crippen LogP contribution in [0.3, 0.4) is 0 Å². The molecule has 3 aromatic rings. The molecule has 0 atom stereocenters. The van der Waals surface area contributed by atoms with Gasteiger partial charge in [-0.05, 0) is 29.8 Å². The van der Waals surface area contributed by atoms with Gasteiger partial charge in [-0.3, -0.25) is 19.1 Å². The minimum absolute atomic E-state index is 0.0832. The molecule has 2 heterocycles. The van der Waals surface area contributed by atoms with Crippen molar-refractivity contribution in [1.82, 2.24) is 14.5 Å². The highest BCUT2D eigenvalue weighted by atomic mass is 16.5. The van der Waals surface area contributed by atoms with E-state index in [0.29, 0.717) is 24.3 Å². The minimum Gasteiger partial charge on any atom is -0.497 e. The zero-order valence-corrected chi connectivity index (χ0v) is 14.6. The molecule has 1 amide bonds. The van der Waals surface area contributed by atoms with E-state index >= 15 is 0 Å². The number of aromatic nitrogens is 2. The van der Waals surface area contributed by atoms with E-state index in [1.54, 1.807) is 30.2 Å². The molecule has 0 aliphatic carbocycles. The first-order valence-electron chi connectivity index (χ1n) is 8.43. The number of methoxy groups -OCH3 is 1. The highest BCUT2D eigenvalue weighted by Gasteiger charge is 2.29. The lowest BCUT2D eigenvalue weighted by Crippen LogP contribution is -2.28. The Morgan fingerprint density at radius 2 is 1.81 bits per heavy atom. The topological polar surface area (TPSA) is 84.4 Å². The molecular weight excluding hydrogens is 346 g/mol. The minimum atomic E-state index is -0.531. The third kappa shape index (κ3) is 3.03. The van der Waals surface area contributed by atoms with E-state index < -0.39 is 11.2 Å². The predicted molar refractivity (Wildman–Crippen MR) is 99.2 cm³/mol. The Morgan fingerprint density at radius 1 is 1.04 bits per heavy atom. The van der Waals surface area contributed by atoms with Gasteiger partial charge in [0.2, 0.25) is 0 Å². The van der Waals surface area contributed by atoms with E-state index in [1.165, 1.54) is 16.8 Å². The zero-order chi connectivity index (χ0) is 19.0. The summed E-state index contributed by atoms with van der Waals surface area (Å²) in [5.41, 5.74) is 1.93. The summed E-state index contributed by atoms with van der Waals surface area (Å²) in [6, 6.07) is 14.1. The molecule has 0 saturated heterocycles. The van der Waals surface area contributed by atoms with Gasteiger partial charge in [-0.1, -0.05) is 18.2 Å². The molecule has 1 N–H and O–H groups in total. The van der Waals surface area contributed by atoms with E-state index in [9.17, 15) is 14.4 Å². The molecule has 1 aliphatic rings. The van der Waals surface area contributed by atoms with Gasteiger partial charge in [-0.15, -0.1) is 0 Å². The average molecular weight is 363 g/mol. The molecule has 136 valence electrons. The molecule has 0 unspecified atom stereocenters. The summed E-state index contributed by atoms with van der Waals surface area (Å²) in [4.78, 5) is 40.2. The SMILES string of the molecule is COc1ccc(CN2Cc3c(cccc3-n3ccc(=O)[nH]c3=O)C2=O)cc1. The second kappa shape index (κ2) is 6.60. The number of hydrogen-bond donors (Lipinski definition) is 1. The molecule has 0 bridgehead atoms. The van der Waals surface area contributed by atoms with E-state index in [-0.39, 0.29) is 5.91 Å². The largest absolute Gasteiger partial charge is 0.497 e. The molecule has 2 aromatic carbocycles. The van der Waals surface area contributed by atoms with Crippen LogP contribution in [0.2, 0.25) is 0 Å². The number of rotatable bonds is 4. The molecule has 0 radical (unpaired) electrons. The van der Waals surface area contributed by atoms with Gasteiger partial charge in [0.1, 0.15) is 5.75 Å². The second-order valence-electron chi connectivity index (χ2n) is 6.29. The average Bonchev–Trinajstić information content (AvgIpc) is 2.99. The number of nitrogens with one attached hydrogen (secondary N) is 1. The predicted octanol–water partition coefficient (Wildman–Crippen LogP) is 1.69. The van der Waals surface area contributed by atoms with Crippen molar-refractivity contribution in [2.45, 2.75) is 13.1 Å². The van der Waals surface area contributed by atoms with Gasteiger partial charge in [-0.2, -0.15) is 0 Å². The van der Waals surface area contributed by atoms with Crippen LogP contribution in [0.5, 0.6) is 5.75 Å². The summed E-state index contributed by atoms with van der Waals surface area (Å²) in [7, 11) is 1.61. The van der Waals surface area contributed by atoms with Crippen molar-refractivity contribution in [3.63, 3.8) is 0 Å². The molecule has 1 aromatic heterocycles. The fraction of sp³-hybridized carbons (Fsp3) is 0.150. The lowest BCUT2D eigenvalue weighted by atomic mass is 10.1. The van der Waals surface area contributed by atoms with Gasteiger partial charge < -0.3 is 9.64 Å². The van der Waals surface area contributed by atoms with Gasteiger partial charge >= 0.3 is 5.69 Å². The number of hydrogen-bond acceptors (Lipinski definition) is 4. The second-order valence-corrected chi connectivity index (χ2v) is 6.29. The molecule has 4 rings (SSSR count). The van der Waals surface area contributed by atoms with Crippen molar-refractivity contribution >= 4 is 5.91 Å². The van der Waals surface area contributed by atoms with Gasteiger partial charge in [-0.25, -0.2) is 4.79 Å². The van der Waals surface area contributed by atoms with Crippen LogP contribution in [-0.2, 0) is 13.1 Å². The number of amides is 1. The fourth-order valence-electron chi connectivity index (χ4n) is 3.29. The molecule has 7 nitrogen and oxygen atoms in total. The standard InChI is InChI=1S/C20H17N3O4/c1-27-14-7-5-13(6-8-14)11-22-12-16-15(19(22)25)3-2-4-17(16)23-10-9-18(24)21-20(23)26/h2-10H,11-12H2,1H3,(H,21,24,26). The van der Waals surface area contributed by atoms with Crippen LogP contribution in [-0.4, -0.2) is 27.5 Å². The monoisotopic (exact) mass is 363 g/mol. The lowest BCUT2D eigenvalue weighted by Gasteiger charge is -2.16. The fourth-order valence-corrected chi connectivity index (χ4v) is 3.29. The Bertz CT molecular complexity index is 1130.